The Balaban J connectivity index is 2.28. The van der Waals surface area contributed by atoms with E-state index in [-0.39, 0.29) is 11.6 Å². The van der Waals surface area contributed by atoms with Crippen LogP contribution in [-0.2, 0) is 4.74 Å². The molecular formula is C14H20ClNO. The van der Waals surface area contributed by atoms with Gasteiger partial charge < -0.3 is 10.5 Å². The molecule has 0 amide bonds. The smallest absolute Gasteiger partial charge is 0.0870 e. The quantitative estimate of drug-likeness (QED) is 0.892. The van der Waals surface area contributed by atoms with Crippen molar-refractivity contribution >= 4 is 11.6 Å². The van der Waals surface area contributed by atoms with Crippen molar-refractivity contribution in [2.45, 2.75) is 43.7 Å². The van der Waals surface area contributed by atoms with Gasteiger partial charge in [-0.3, -0.25) is 0 Å². The fraction of sp³-hybridized carbons (Fsp3) is 0.571. The molecule has 0 saturated heterocycles. The normalized spacial score (nSPS) is 21.1. The highest BCUT2D eigenvalue weighted by molar-refractivity contribution is 6.31. The minimum absolute atomic E-state index is 0.138. The van der Waals surface area contributed by atoms with E-state index in [1.165, 1.54) is 19.3 Å². The number of ether oxygens (including phenoxy) is 1. The van der Waals surface area contributed by atoms with Gasteiger partial charge in [-0.05, 0) is 24.5 Å². The average molecular weight is 254 g/mol. The molecule has 2 N–H and O–H groups in total. The van der Waals surface area contributed by atoms with Crippen molar-refractivity contribution in [1.82, 2.24) is 0 Å². The van der Waals surface area contributed by atoms with Crippen LogP contribution in [-0.4, -0.2) is 12.7 Å². The zero-order valence-corrected chi connectivity index (χ0v) is 11.0. The van der Waals surface area contributed by atoms with Crippen molar-refractivity contribution in [3.8, 4) is 0 Å². The molecule has 1 unspecified atom stereocenters. The molecule has 1 aromatic carbocycles. The third kappa shape index (κ3) is 2.49. The highest BCUT2D eigenvalue weighted by Crippen LogP contribution is 2.41. The third-order valence-electron chi connectivity index (χ3n) is 3.91. The highest BCUT2D eigenvalue weighted by Gasteiger charge is 2.39. The first-order valence-corrected chi connectivity index (χ1v) is 6.62. The number of nitrogens with two attached hydrogens (primary N) is 1. The number of hydrogen-bond acceptors (Lipinski definition) is 2. The van der Waals surface area contributed by atoms with Crippen LogP contribution < -0.4 is 5.73 Å². The van der Waals surface area contributed by atoms with Crippen molar-refractivity contribution in [2.75, 3.05) is 7.11 Å². The molecule has 0 spiro atoms. The Bertz CT molecular complexity index is 374. The summed E-state index contributed by atoms with van der Waals surface area (Å²) in [5.41, 5.74) is 7.17. The van der Waals surface area contributed by atoms with Gasteiger partial charge in [0.05, 0.1) is 11.6 Å². The van der Waals surface area contributed by atoms with Crippen LogP contribution in [0.25, 0.3) is 0 Å². The minimum Gasteiger partial charge on any atom is -0.376 e. The van der Waals surface area contributed by atoms with Crippen LogP contribution >= 0.6 is 11.6 Å². The molecule has 0 bridgehead atoms. The molecule has 0 aromatic heterocycles. The SMILES string of the molecule is COC1(C(N)c2ccccc2Cl)CCCCC1. The van der Waals surface area contributed by atoms with Gasteiger partial charge in [0.15, 0.2) is 0 Å². The molecule has 1 atom stereocenters. The van der Waals surface area contributed by atoms with E-state index in [0.717, 1.165) is 23.4 Å². The van der Waals surface area contributed by atoms with Crippen LogP contribution in [0.15, 0.2) is 24.3 Å². The highest BCUT2D eigenvalue weighted by atomic mass is 35.5. The van der Waals surface area contributed by atoms with Crippen molar-refractivity contribution in [3.63, 3.8) is 0 Å². The van der Waals surface area contributed by atoms with Gasteiger partial charge in [-0.1, -0.05) is 49.1 Å². The Morgan fingerprint density at radius 2 is 1.88 bits per heavy atom. The van der Waals surface area contributed by atoms with E-state index in [4.69, 9.17) is 22.1 Å². The van der Waals surface area contributed by atoms with E-state index >= 15 is 0 Å². The predicted octanol–water partition coefficient (Wildman–Crippen LogP) is 3.69. The Kier molecular flexibility index (Phi) is 4.08. The number of halogens is 1. The molecule has 17 heavy (non-hydrogen) atoms. The van der Waals surface area contributed by atoms with Crippen LogP contribution in [0, 0.1) is 0 Å². The summed E-state index contributed by atoms with van der Waals surface area (Å²) in [7, 11) is 1.77. The second-order valence-corrected chi connectivity index (χ2v) is 5.24. The average Bonchev–Trinajstić information content (AvgIpc) is 2.39. The zero-order chi connectivity index (χ0) is 12.3. The second-order valence-electron chi connectivity index (χ2n) is 4.83. The summed E-state index contributed by atoms with van der Waals surface area (Å²) in [5, 5.41) is 0.738. The van der Waals surface area contributed by atoms with Gasteiger partial charge in [0.2, 0.25) is 0 Å². The summed E-state index contributed by atoms with van der Waals surface area (Å²) in [5.74, 6) is 0. The maximum absolute atomic E-state index is 6.41. The fourth-order valence-electron chi connectivity index (χ4n) is 2.80. The Morgan fingerprint density at radius 1 is 1.24 bits per heavy atom. The van der Waals surface area contributed by atoms with Crippen molar-refractivity contribution in [2.24, 2.45) is 5.73 Å². The number of benzene rings is 1. The fourth-order valence-corrected chi connectivity index (χ4v) is 3.06. The van der Waals surface area contributed by atoms with E-state index in [1.54, 1.807) is 7.11 Å². The third-order valence-corrected chi connectivity index (χ3v) is 4.26. The molecule has 0 aliphatic heterocycles. The molecule has 0 heterocycles. The summed E-state index contributed by atoms with van der Waals surface area (Å²) < 4.78 is 5.77. The van der Waals surface area contributed by atoms with Crippen LogP contribution in [0.3, 0.4) is 0 Å². The molecule has 2 nitrogen and oxygen atoms in total. The molecule has 1 saturated carbocycles. The first kappa shape index (κ1) is 12.9. The maximum atomic E-state index is 6.41. The maximum Gasteiger partial charge on any atom is 0.0870 e. The van der Waals surface area contributed by atoms with Crippen molar-refractivity contribution in [1.29, 1.82) is 0 Å². The lowest BCUT2D eigenvalue weighted by Gasteiger charge is -2.41. The van der Waals surface area contributed by atoms with Crippen molar-refractivity contribution < 1.29 is 4.74 Å². The predicted molar refractivity (Wildman–Crippen MR) is 71.2 cm³/mol. The number of methoxy groups -OCH3 is 1. The number of hydrogen-bond donors (Lipinski definition) is 1. The first-order valence-electron chi connectivity index (χ1n) is 6.25. The van der Waals surface area contributed by atoms with Crippen LogP contribution in [0.4, 0.5) is 0 Å². The van der Waals surface area contributed by atoms with E-state index < -0.39 is 0 Å². The summed E-state index contributed by atoms with van der Waals surface area (Å²) in [6.45, 7) is 0. The van der Waals surface area contributed by atoms with Crippen LogP contribution in [0.5, 0.6) is 0 Å². The van der Waals surface area contributed by atoms with Gasteiger partial charge >= 0.3 is 0 Å². The second kappa shape index (κ2) is 5.38. The molecule has 1 aliphatic carbocycles. The van der Waals surface area contributed by atoms with Gasteiger partial charge in [0, 0.05) is 12.1 Å². The summed E-state index contributed by atoms with van der Waals surface area (Å²) in [6.07, 6.45) is 5.70. The summed E-state index contributed by atoms with van der Waals surface area (Å²) in [6, 6.07) is 7.67. The Hall–Kier alpha value is -0.570. The van der Waals surface area contributed by atoms with Crippen LogP contribution in [0.2, 0.25) is 5.02 Å². The molecule has 1 aromatic rings. The van der Waals surface area contributed by atoms with E-state index in [9.17, 15) is 0 Å². The van der Waals surface area contributed by atoms with Gasteiger partial charge in [-0.2, -0.15) is 0 Å². The monoisotopic (exact) mass is 253 g/mol. The largest absolute Gasteiger partial charge is 0.376 e. The molecule has 1 fully saturated rings. The summed E-state index contributed by atoms with van der Waals surface area (Å²) >= 11 is 6.22. The van der Waals surface area contributed by atoms with E-state index in [1.807, 2.05) is 24.3 Å². The number of rotatable bonds is 3. The van der Waals surface area contributed by atoms with Crippen molar-refractivity contribution in [3.05, 3.63) is 34.9 Å². The lowest BCUT2D eigenvalue weighted by molar-refractivity contribution is -0.0595. The first-order chi connectivity index (χ1) is 8.19. The van der Waals surface area contributed by atoms with E-state index in [0.29, 0.717) is 0 Å². The molecule has 1 aliphatic rings. The standard InChI is InChI=1S/C14H20ClNO/c1-17-14(9-5-2-6-10-14)13(16)11-7-3-4-8-12(11)15/h3-4,7-8,13H,2,5-6,9-10,16H2,1H3. The molecule has 3 heteroatoms. The minimum atomic E-state index is -0.233. The zero-order valence-electron chi connectivity index (χ0n) is 10.3. The van der Waals surface area contributed by atoms with E-state index in [2.05, 4.69) is 0 Å². The van der Waals surface area contributed by atoms with Gasteiger partial charge in [-0.15, -0.1) is 0 Å². The van der Waals surface area contributed by atoms with Gasteiger partial charge in [-0.25, -0.2) is 0 Å². The van der Waals surface area contributed by atoms with Gasteiger partial charge in [0.25, 0.3) is 0 Å². The van der Waals surface area contributed by atoms with Crippen LogP contribution in [0.1, 0.15) is 43.7 Å². The Morgan fingerprint density at radius 3 is 2.47 bits per heavy atom. The topological polar surface area (TPSA) is 35.2 Å². The van der Waals surface area contributed by atoms with Gasteiger partial charge in [0.1, 0.15) is 0 Å². The molecular weight excluding hydrogens is 234 g/mol. The summed E-state index contributed by atoms with van der Waals surface area (Å²) in [4.78, 5) is 0. The molecule has 2 rings (SSSR count). The molecule has 0 radical (unpaired) electrons. The lowest BCUT2D eigenvalue weighted by Crippen LogP contribution is -2.44. The Labute approximate surface area is 108 Å². The lowest BCUT2D eigenvalue weighted by atomic mass is 9.77. The molecule has 94 valence electrons.